The van der Waals surface area contributed by atoms with Crippen LogP contribution < -0.4 is 11.1 Å². The van der Waals surface area contributed by atoms with Gasteiger partial charge in [0.25, 0.3) is 0 Å². The smallest absolute Gasteiger partial charge is 0.237 e. The number of carbonyl (C=O) groups excluding carboxylic acids is 1. The maximum Gasteiger partial charge on any atom is 0.237 e. The molecule has 2 aliphatic carbocycles. The molecule has 0 spiro atoms. The summed E-state index contributed by atoms with van der Waals surface area (Å²) < 4.78 is 0. The summed E-state index contributed by atoms with van der Waals surface area (Å²) in [5.41, 5.74) is 5.17. The molecular formula is C14H26N2O2S. The van der Waals surface area contributed by atoms with Gasteiger partial charge in [-0.1, -0.05) is 6.92 Å². The van der Waals surface area contributed by atoms with E-state index in [2.05, 4.69) is 5.32 Å². The van der Waals surface area contributed by atoms with Crippen molar-refractivity contribution < 1.29 is 9.90 Å². The number of primary amides is 1. The van der Waals surface area contributed by atoms with Crippen molar-refractivity contribution in [3.63, 3.8) is 0 Å². The lowest BCUT2D eigenvalue weighted by Gasteiger charge is -2.40. The molecule has 0 saturated heterocycles. The minimum atomic E-state index is -0.504. The summed E-state index contributed by atoms with van der Waals surface area (Å²) in [5.74, 6) is -0.200. The largest absolute Gasteiger partial charge is 0.392 e. The van der Waals surface area contributed by atoms with Crippen LogP contribution in [0.1, 0.15) is 52.4 Å². The second kappa shape index (κ2) is 6.02. The van der Waals surface area contributed by atoms with Gasteiger partial charge in [0, 0.05) is 16.5 Å². The Morgan fingerprint density at radius 3 is 2.63 bits per heavy atom. The molecule has 5 heteroatoms. The monoisotopic (exact) mass is 286 g/mol. The third kappa shape index (κ3) is 3.86. The number of aliphatic hydroxyl groups is 1. The van der Waals surface area contributed by atoms with Gasteiger partial charge in [-0.2, -0.15) is 11.8 Å². The molecule has 2 rings (SSSR count). The Morgan fingerprint density at radius 1 is 1.42 bits per heavy atom. The van der Waals surface area contributed by atoms with Crippen LogP contribution in [-0.2, 0) is 4.79 Å². The summed E-state index contributed by atoms with van der Waals surface area (Å²) in [4.78, 5) is 11.9. The van der Waals surface area contributed by atoms with Gasteiger partial charge in [-0.3, -0.25) is 4.79 Å². The number of thioether (sulfide) groups is 1. The molecule has 1 amide bonds. The summed E-state index contributed by atoms with van der Waals surface area (Å²) in [7, 11) is 0. The van der Waals surface area contributed by atoms with Crippen LogP contribution in [0, 0.1) is 0 Å². The molecule has 0 aromatic rings. The van der Waals surface area contributed by atoms with Crippen molar-refractivity contribution in [3.05, 3.63) is 0 Å². The highest BCUT2D eigenvalue weighted by Crippen LogP contribution is 2.39. The van der Waals surface area contributed by atoms with Crippen LogP contribution >= 0.6 is 11.8 Å². The molecule has 2 saturated carbocycles. The lowest BCUT2D eigenvalue weighted by Crippen LogP contribution is -2.59. The van der Waals surface area contributed by atoms with Gasteiger partial charge >= 0.3 is 0 Å². The van der Waals surface area contributed by atoms with Gasteiger partial charge in [0.2, 0.25) is 5.91 Å². The SMILES string of the molecule is CC(O)C(C)SC1CCCC(NC2CC2)(C(N)=O)C1. The van der Waals surface area contributed by atoms with Gasteiger partial charge in [-0.05, 0) is 45.4 Å². The Kier molecular flexibility index (Phi) is 4.79. The van der Waals surface area contributed by atoms with Gasteiger partial charge < -0.3 is 16.2 Å². The van der Waals surface area contributed by atoms with E-state index >= 15 is 0 Å². The van der Waals surface area contributed by atoms with E-state index in [-0.39, 0.29) is 17.3 Å². The fourth-order valence-corrected chi connectivity index (χ4v) is 4.32. The van der Waals surface area contributed by atoms with Crippen molar-refractivity contribution >= 4 is 17.7 Å². The molecule has 4 unspecified atom stereocenters. The van der Waals surface area contributed by atoms with Crippen molar-refractivity contribution in [2.24, 2.45) is 5.73 Å². The van der Waals surface area contributed by atoms with E-state index in [0.717, 1.165) is 38.5 Å². The first-order chi connectivity index (χ1) is 8.93. The average Bonchev–Trinajstić information content (AvgIpc) is 3.12. The van der Waals surface area contributed by atoms with Gasteiger partial charge in [0.1, 0.15) is 0 Å². The highest BCUT2D eigenvalue weighted by molar-refractivity contribution is 8.00. The summed E-state index contributed by atoms with van der Waals surface area (Å²) in [5, 5.41) is 13.7. The average molecular weight is 286 g/mol. The van der Waals surface area contributed by atoms with Crippen LogP contribution in [0.15, 0.2) is 0 Å². The van der Waals surface area contributed by atoms with Crippen molar-refractivity contribution in [1.82, 2.24) is 5.32 Å². The number of nitrogens with two attached hydrogens (primary N) is 1. The van der Waals surface area contributed by atoms with E-state index in [4.69, 9.17) is 5.73 Å². The number of nitrogens with one attached hydrogen (secondary N) is 1. The first-order valence-corrected chi connectivity index (χ1v) is 8.28. The zero-order chi connectivity index (χ0) is 14.0. The molecule has 0 radical (unpaired) electrons. The van der Waals surface area contributed by atoms with Crippen molar-refractivity contribution in [3.8, 4) is 0 Å². The van der Waals surface area contributed by atoms with E-state index in [1.165, 1.54) is 0 Å². The minimum Gasteiger partial charge on any atom is -0.392 e. The van der Waals surface area contributed by atoms with E-state index in [9.17, 15) is 9.90 Å². The molecule has 0 heterocycles. The lowest BCUT2D eigenvalue weighted by atomic mass is 9.80. The molecule has 0 bridgehead atoms. The molecule has 2 aliphatic rings. The summed E-state index contributed by atoms with van der Waals surface area (Å²) >= 11 is 1.80. The van der Waals surface area contributed by atoms with Gasteiger partial charge in [-0.15, -0.1) is 0 Å². The van der Waals surface area contributed by atoms with Gasteiger partial charge in [0.05, 0.1) is 11.6 Å². The first kappa shape index (κ1) is 15.1. The predicted octanol–water partition coefficient (Wildman–Crippen LogP) is 1.41. The Labute approximate surface area is 119 Å². The molecule has 19 heavy (non-hydrogen) atoms. The normalized spacial score (nSPS) is 34.8. The fraction of sp³-hybridized carbons (Fsp3) is 0.929. The van der Waals surface area contributed by atoms with Crippen LogP contribution in [0.2, 0.25) is 0 Å². The maximum absolute atomic E-state index is 11.9. The topological polar surface area (TPSA) is 75.3 Å². The van der Waals surface area contributed by atoms with Crippen LogP contribution in [0.3, 0.4) is 0 Å². The molecule has 4 nitrogen and oxygen atoms in total. The van der Waals surface area contributed by atoms with Crippen LogP contribution in [0.25, 0.3) is 0 Å². The number of hydrogen-bond donors (Lipinski definition) is 3. The third-order valence-electron chi connectivity index (χ3n) is 4.32. The van der Waals surface area contributed by atoms with Crippen molar-refractivity contribution in [2.75, 3.05) is 0 Å². The van der Waals surface area contributed by atoms with E-state index in [1.807, 2.05) is 13.8 Å². The molecule has 110 valence electrons. The molecule has 0 aliphatic heterocycles. The summed E-state index contributed by atoms with van der Waals surface area (Å²) in [6.45, 7) is 3.87. The fourth-order valence-electron chi connectivity index (χ4n) is 2.80. The standard InChI is InChI=1S/C14H26N2O2S/c1-9(17)10(2)19-12-4-3-7-14(8-12,13(15)18)16-11-5-6-11/h9-12,16-17H,3-8H2,1-2H3,(H2,15,18). The van der Waals surface area contributed by atoms with Gasteiger partial charge in [-0.25, -0.2) is 0 Å². The minimum absolute atomic E-state index is 0.200. The highest BCUT2D eigenvalue weighted by Gasteiger charge is 2.44. The number of amides is 1. The van der Waals surface area contributed by atoms with E-state index in [0.29, 0.717) is 11.3 Å². The second-order valence-corrected chi connectivity index (χ2v) is 7.85. The number of carbonyl (C=O) groups is 1. The number of hydrogen-bond acceptors (Lipinski definition) is 4. The Balaban J connectivity index is 1.98. The molecule has 0 aromatic heterocycles. The van der Waals surface area contributed by atoms with Crippen LogP contribution in [0.5, 0.6) is 0 Å². The van der Waals surface area contributed by atoms with Gasteiger partial charge in [0.15, 0.2) is 0 Å². The predicted molar refractivity (Wildman–Crippen MR) is 79.1 cm³/mol. The molecule has 2 fully saturated rings. The van der Waals surface area contributed by atoms with E-state index in [1.54, 1.807) is 11.8 Å². The number of aliphatic hydroxyl groups excluding tert-OH is 1. The van der Waals surface area contributed by atoms with E-state index < -0.39 is 5.54 Å². The zero-order valence-electron chi connectivity index (χ0n) is 11.9. The van der Waals surface area contributed by atoms with Crippen molar-refractivity contribution in [1.29, 1.82) is 0 Å². The Morgan fingerprint density at radius 2 is 2.11 bits per heavy atom. The maximum atomic E-state index is 11.9. The zero-order valence-corrected chi connectivity index (χ0v) is 12.7. The molecule has 4 atom stereocenters. The molecule has 4 N–H and O–H groups in total. The summed E-state index contributed by atoms with van der Waals surface area (Å²) in [6.07, 6.45) is 5.83. The Bertz CT molecular complexity index is 333. The number of rotatable bonds is 6. The summed E-state index contributed by atoms with van der Waals surface area (Å²) in [6, 6.07) is 0.491. The molecule has 0 aromatic carbocycles. The molecular weight excluding hydrogens is 260 g/mol. The lowest BCUT2D eigenvalue weighted by molar-refractivity contribution is -0.125. The third-order valence-corrected chi connectivity index (χ3v) is 5.93. The second-order valence-electron chi connectivity index (χ2n) is 6.17. The quantitative estimate of drug-likeness (QED) is 0.690. The van der Waals surface area contributed by atoms with Crippen LogP contribution in [-0.4, -0.2) is 39.2 Å². The first-order valence-electron chi connectivity index (χ1n) is 7.34. The highest BCUT2D eigenvalue weighted by atomic mass is 32.2. The van der Waals surface area contributed by atoms with Crippen molar-refractivity contribution in [2.45, 2.75) is 80.6 Å². The Hall–Kier alpha value is -0.260. The van der Waals surface area contributed by atoms with Crippen LogP contribution in [0.4, 0.5) is 0 Å².